The van der Waals surface area contributed by atoms with Crippen molar-refractivity contribution in [3.05, 3.63) is 47.7 Å². The molecule has 1 aliphatic rings. The predicted molar refractivity (Wildman–Crippen MR) is 69.2 cm³/mol. The van der Waals surface area contributed by atoms with Gasteiger partial charge in [-0.1, -0.05) is 12.1 Å². The lowest BCUT2D eigenvalue weighted by Gasteiger charge is -2.29. The molecule has 1 aromatic rings. The number of nitrogens with zero attached hydrogens (tertiary/aromatic N) is 2. The largest absolute Gasteiger partial charge is 0.421 e. The van der Waals surface area contributed by atoms with E-state index < -0.39 is 24.1 Å². The normalized spacial score (nSPS) is 15.9. The molecule has 8 heteroatoms. The standard InChI is InChI=1S/C13H12F3N3O2/c14-13(15,16)10-4-1-3-9(7-10)11(21-12(17)20)19-6-2-5-18-8-19/h1-7,11H,8H2,(H2,17,20). The van der Waals surface area contributed by atoms with Crippen molar-refractivity contribution in [2.24, 2.45) is 10.7 Å². The first kappa shape index (κ1) is 14.9. The number of alkyl halides is 3. The van der Waals surface area contributed by atoms with Crippen molar-refractivity contribution in [1.29, 1.82) is 0 Å². The number of nitrogens with two attached hydrogens (primary N) is 1. The summed E-state index contributed by atoms with van der Waals surface area (Å²) < 4.78 is 43.2. The van der Waals surface area contributed by atoms with Crippen molar-refractivity contribution < 1.29 is 22.7 Å². The Morgan fingerprint density at radius 1 is 1.43 bits per heavy atom. The first-order valence-corrected chi connectivity index (χ1v) is 5.93. The molecule has 1 amide bonds. The van der Waals surface area contributed by atoms with Gasteiger partial charge in [-0.3, -0.25) is 4.99 Å². The third-order valence-electron chi connectivity index (χ3n) is 2.74. The molecule has 1 aromatic carbocycles. The zero-order chi connectivity index (χ0) is 15.5. The molecule has 5 nitrogen and oxygen atoms in total. The highest BCUT2D eigenvalue weighted by atomic mass is 19.4. The smallest absolute Gasteiger partial charge is 0.416 e. The summed E-state index contributed by atoms with van der Waals surface area (Å²) in [5.74, 6) is 0. The first-order chi connectivity index (χ1) is 9.88. The van der Waals surface area contributed by atoms with Crippen LogP contribution in [0.15, 0.2) is 41.5 Å². The molecule has 2 N–H and O–H groups in total. The molecule has 0 fully saturated rings. The lowest BCUT2D eigenvalue weighted by atomic mass is 10.1. The second kappa shape index (κ2) is 5.86. The second-order valence-corrected chi connectivity index (χ2v) is 4.24. The van der Waals surface area contributed by atoms with Crippen LogP contribution in [-0.2, 0) is 10.9 Å². The number of allylic oxidation sites excluding steroid dienone is 1. The Labute approximate surface area is 118 Å². The zero-order valence-electron chi connectivity index (χ0n) is 10.7. The fraction of sp³-hybridized carbons (Fsp3) is 0.231. The molecule has 0 saturated carbocycles. The maximum Gasteiger partial charge on any atom is 0.416 e. The summed E-state index contributed by atoms with van der Waals surface area (Å²) in [7, 11) is 0. The number of hydrogen-bond acceptors (Lipinski definition) is 4. The minimum Gasteiger partial charge on any atom is -0.421 e. The lowest BCUT2D eigenvalue weighted by molar-refractivity contribution is -0.137. The first-order valence-electron chi connectivity index (χ1n) is 5.93. The van der Waals surface area contributed by atoms with Gasteiger partial charge >= 0.3 is 12.3 Å². The molecule has 2 rings (SSSR count). The van der Waals surface area contributed by atoms with Gasteiger partial charge in [0.25, 0.3) is 0 Å². The molecule has 1 aliphatic heterocycles. The Kier molecular flexibility index (Phi) is 4.15. The van der Waals surface area contributed by atoms with Crippen molar-refractivity contribution >= 4 is 12.3 Å². The molecule has 0 aliphatic carbocycles. The summed E-state index contributed by atoms with van der Waals surface area (Å²) in [4.78, 5) is 16.4. The molecular formula is C13H12F3N3O2. The van der Waals surface area contributed by atoms with E-state index in [4.69, 9.17) is 10.5 Å². The fourth-order valence-corrected chi connectivity index (χ4v) is 1.86. The number of primary amides is 1. The van der Waals surface area contributed by atoms with Gasteiger partial charge in [0.15, 0.2) is 0 Å². The van der Waals surface area contributed by atoms with Crippen LogP contribution in [0.1, 0.15) is 17.4 Å². The van der Waals surface area contributed by atoms with Gasteiger partial charge in [-0.2, -0.15) is 13.2 Å². The Bertz CT molecular complexity index is 584. The molecule has 0 radical (unpaired) electrons. The zero-order valence-corrected chi connectivity index (χ0v) is 10.7. The van der Waals surface area contributed by atoms with E-state index in [1.165, 1.54) is 23.2 Å². The topological polar surface area (TPSA) is 67.9 Å². The Morgan fingerprint density at radius 3 is 2.76 bits per heavy atom. The van der Waals surface area contributed by atoms with Crippen LogP contribution < -0.4 is 5.73 Å². The van der Waals surface area contributed by atoms with Crippen LogP contribution in [0.2, 0.25) is 0 Å². The van der Waals surface area contributed by atoms with Gasteiger partial charge in [-0.05, 0) is 18.2 Å². The number of carbonyl (C=O) groups excluding carboxylic acids is 1. The van der Waals surface area contributed by atoms with Crippen molar-refractivity contribution in [2.45, 2.75) is 12.4 Å². The van der Waals surface area contributed by atoms with E-state index in [1.54, 1.807) is 12.3 Å². The number of amides is 1. The number of benzene rings is 1. The predicted octanol–water partition coefficient (Wildman–Crippen LogP) is 2.66. The average molecular weight is 299 g/mol. The summed E-state index contributed by atoms with van der Waals surface area (Å²) >= 11 is 0. The molecule has 1 atom stereocenters. The minimum absolute atomic E-state index is 0.144. The van der Waals surface area contributed by atoms with E-state index in [9.17, 15) is 18.0 Å². The minimum atomic E-state index is -4.48. The van der Waals surface area contributed by atoms with E-state index in [0.717, 1.165) is 12.1 Å². The number of hydrogen-bond donors (Lipinski definition) is 1. The lowest BCUT2D eigenvalue weighted by Crippen LogP contribution is -2.31. The fourth-order valence-electron chi connectivity index (χ4n) is 1.86. The highest BCUT2D eigenvalue weighted by Crippen LogP contribution is 2.32. The van der Waals surface area contributed by atoms with Crippen LogP contribution in [0.5, 0.6) is 0 Å². The quantitative estimate of drug-likeness (QED) is 0.933. The van der Waals surface area contributed by atoms with Crippen LogP contribution in [0, 0.1) is 0 Å². The van der Waals surface area contributed by atoms with Crippen molar-refractivity contribution in [2.75, 3.05) is 6.67 Å². The number of aliphatic imine (C=N–C) groups is 1. The van der Waals surface area contributed by atoms with Crippen molar-refractivity contribution in [3.8, 4) is 0 Å². The van der Waals surface area contributed by atoms with Gasteiger partial charge in [0.05, 0.1) is 5.56 Å². The third-order valence-corrected chi connectivity index (χ3v) is 2.74. The van der Waals surface area contributed by atoms with E-state index >= 15 is 0 Å². The van der Waals surface area contributed by atoms with Gasteiger partial charge in [0.2, 0.25) is 6.23 Å². The van der Waals surface area contributed by atoms with Crippen LogP contribution >= 0.6 is 0 Å². The Morgan fingerprint density at radius 2 is 2.19 bits per heavy atom. The number of carbonyl (C=O) groups is 1. The molecule has 21 heavy (non-hydrogen) atoms. The molecule has 0 aromatic heterocycles. The Hall–Kier alpha value is -2.51. The molecule has 1 unspecified atom stereocenters. The average Bonchev–Trinajstić information content (AvgIpc) is 2.45. The molecular weight excluding hydrogens is 287 g/mol. The number of rotatable bonds is 3. The van der Waals surface area contributed by atoms with Crippen molar-refractivity contribution in [3.63, 3.8) is 0 Å². The third kappa shape index (κ3) is 3.74. The van der Waals surface area contributed by atoms with Gasteiger partial charge < -0.3 is 15.4 Å². The Balaban J connectivity index is 2.34. The van der Waals surface area contributed by atoms with E-state index in [1.807, 2.05) is 0 Å². The monoisotopic (exact) mass is 299 g/mol. The van der Waals surface area contributed by atoms with Crippen LogP contribution in [0.4, 0.5) is 18.0 Å². The summed E-state index contributed by atoms with van der Waals surface area (Å²) in [5, 5.41) is 0. The SMILES string of the molecule is NC(=O)OC(c1cccc(C(F)(F)F)c1)N1C=CC=NC1. The van der Waals surface area contributed by atoms with Gasteiger partial charge in [0.1, 0.15) is 6.67 Å². The molecule has 112 valence electrons. The highest BCUT2D eigenvalue weighted by molar-refractivity contribution is 5.71. The maximum absolute atomic E-state index is 12.8. The number of halogens is 3. The van der Waals surface area contributed by atoms with Crippen LogP contribution in [-0.4, -0.2) is 23.9 Å². The van der Waals surface area contributed by atoms with E-state index in [-0.39, 0.29) is 12.2 Å². The van der Waals surface area contributed by atoms with Crippen LogP contribution in [0.25, 0.3) is 0 Å². The molecule has 0 saturated heterocycles. The molecule has 0 bridgehead atoms. The molecule has 0 spiro atoms. The highest BCUT2D eigenvalue weighted by Gasteiger charge is 2.32. The second-order valence-electron chi connectivity index (χ2n) is 4.24. The summed E-state index contributed by atoms with van der Waals surface area (Å²) in [6, 6.07) is 4.52. The summed E-state index contributed by atoms with van der Waals surface area (Å²) in [6.07, 6.45) is -1.97. The molecule has 1 heterocycles. The van der Waals surface area contributed by atoms with E-state index in [0.29, 0.717) is 0 Å². The van der Waals surface area contributed by atoms with Gasteiger partial charge in [-0.25, -0.2) is 4.79 Å². The maximum atomic E-state index is 12.8. The summed E-state index contributed by atoms with van der Waals surface area (Å²) in [6.45, 7) is 0.144. The summed E-state index contributed by atoms with van der Waals surface area (Å²) in [5.41, 5.74) is 4.32. The van der Waals surface area contributed by atoms with E-state index in [2.05, 4.69) is 4.99 Å². The number of ether oxygens (including phenoxy) is 1. The van der Waals surface area contributed by atoms with Gasteiger partial charge in [0, 0.05) is 18.0 Å². The van der Waals surface area contributed by atoms with Crippen LogP contribution in [0.3, 0.4) is 0 Å². The van der Waals surface area contributed by atoms with Gasteiger partial charge in [-0.15, -0.1) is 0 Å². The van der Waals surface area contributed by atoms with Crippen molar-refractivity contribution in [1.82, 2.24) is 4.90 Å².